The summed E-state index contributed by atoms with van der Waals surface area (Å²) in [5.41, 5.74) is 0. The van der Waals surface area contributed by atoms with E-state index in [4.69, 9.17) is 62.3 Å². The Morgan fingerprint density at radius 2 is 0.893 bits per heavy atom. The highest BCUT2D eigenvalue weighted by atomic mass is 35.5. The summed E-state index contributed by atoms with van der Waals surface area (Å²) in [4.78, 5) is 0. The van der Waals surface area contributed by atoms with E-state index >= 15 is 0 Å². The minimum atomic E-state index is -2.26. The second-order valence-corrected chi connectivity index (χ2v) is 7.54. The second-order valence-electron chi connectivity index (χ2n) is 5.41. The van der Waals surface area contributed by atoms with Crippen molar-refractivity contribution in [1.82, 2.24) is 0 Å². The Labute approximate surface area is 185 Å². The zero-order valence-electron chi connectivity index (χ0n) is 16.0. The molecule has 0 aliphatic heterocycles. The molecular formula is C18H30Cl3O6Si. The molecule has 0 N–H and O–H groups in total. The zero-order chi connectivity index (χ0) is 21.0. The Kier molecular flexibility index (Phi) is 20.4. The fraction of sp³-hybridized carbons (Fsp3) is 0.667. The zero-order valence-corrected chi connectivity index (χ0v) is 19.3. The van der Waals surface area contributed by atoms with E-state index < -0.39 is 27.8 Å². The van der Waals surface area contributed by atoms with Crippen molar-refractivity contribution >= 4 is 44.3 Å². The summed E-state index contributed by atoms with van der Waals surface area (Å²) >= 11 is 18.0. The van der Waals surface area contributed by atoms with Crippen molar-refractivity contribution < 1.29 is 27.5 Å². The van der Waals surface area contributed by atoms with Crippen LogP contribution < -0.4 is 0 Å². The van der Waals surface area contributed by atoms with Crippen molar-refractivity contribution in [3.63, 3.8) is 0 Å². The molecule has 0 aromatic heterocycles. The average Bonchev–Trinajstić information content (AvgIpc) is 2.71. The minimum absolute atomic E-state index is 0.203. The number of hydrogen-bond donors (Lipinski definition) is 0. The van der Waals surface area contributed by atoms with Gasteiger partial charge in [0.1, 0.15) is 0 Å². The number of halogens is 3. The Hall–Kier alpha value is 0.0669. The Balaban J connectivity index is 4.90. The molecule has 0 rings (SSSR count). The second kappa shape index (κ2) is 20.3. The van der Waals surface area contributed by atoms with Gasteiger partial charge in [0.25, 0.3) is 0 Å². The molecule has 0 bridgehead atoms. The molecule has 0 heterocycles. The lowest BCUT2D eigenvalue weighted by atomic mass is 10.4. The van der Waals surface area contributed by atoms with Gasteiger partial charge < -0.3 is 27.5 Å². The lowest BCUT2D eigenvalue weighted by molar-refractivity contribution is -0.0328. The van der Waals surface area contributed by atoms with Crippen LogP contribution in [-0.4, -0.2) is 85.1 Å². The first-order valence-corrected chi connectivity index (χ1v) is 11.6. The monoisotopic (exact) mass is 475 g/mol. The van der Waals surface area contributed by atoms with Crippen LogP contribution in [0.3, 0.4) is 0 Å². The summed E-state index contributed by atoms with van der Waals surface area (Å²) in [7, 11) is -2.26. The molecule has 0 saturated carbocycles. The molecule has 3 atom stereocenters. The molecule has 10 heteroatoms. The Morgan fingerprint density at radius 3 is 1.11 bits per heavy atom. The van der Waals surface area contributed by atoms with Crippen molar-refractivity contribution in [1.29, 1.82) is 0 Å². The van der Waals surface area contributed by atoms with Crippen molar-refractivity contribution in [2.45, 2.75) is 18.3 Å². The molecule has 0 saturated heterocycles. The first-order chi connectivity index (χ1) is 13.6. The standard InChI is InChI=1S/C18H30Cl3O6Si/c1-4-7-22-13-16(10-19)25-28(26-17(11-20)14-23-8-5-2)27-18(12-21)15-24-9-6-3/h4-6,16-18H,1-3,7-15H2. The highest BCUT2D eigenvalue weighted by Gasteiger charge is 2.31. The summed E-state index contributed by atoms with van der Waals surface area (Å²) in [5, 5.41) is 0. The van der Waals surface area contributed by atoms with Gasteiger partial charge in [0.2, 0.25) is 0 Å². The van der Waals surface area contributed by atoms with Crippen LogP contribution in [0.15, 0.2) is 38.0 Å². The van der Waals surface area contributed by atoms with Crippen molar-refractivity contribution in [2.75, 3.05) is 57.3 Å². The quantitative estimate of drug-likeness (QED) is 0.109. The van der Waals surface area contributed by atoms with E-state index in [9.17, 15) is 0 Å². The largest absolute Gasteiger partial charge is 0.578 e. The molecule has 3 unspecified atom stereocenters. The van der Waals surface area contributed by atoms with Gasteiger partial charge >= 0.3 is 9.53 Å². The van der Waals surface area contributed by atoms with Crippen LogP contribution in [0.25, 0.3) is 0 Å². The third-order valence-electron chi connectivity index (χ3n) is 2.92. The molecule has 1 radical (unpaired) electrons. The Morgan fingerprint density at radius 1 is 0.607 bits per heavy atom. The van der Waals surface area contributed by atoms with Crippen molar-refractivity contribution in [3.05, 3.63) is 38.0 Å². The molecule has 0 aliphatic rings. The van der Waals surface area contributed by atoms with Gasteiger partial charge in [0.05, 0.1) is 58.0 Å². The van der Waals surface area contributed by atoms with E-state index in [1.807, 2.05) is 0 Å². The average molecular weight is 477 g/mol. The number of rotatable bonds is 21. The van der Waals surface area contributed by atoms with Crippen LogP contribution in [0.4, 0.5) is 0 Å². The van der Waals surface area contributed by atoms with E-state index in [0.717, 1.165) is 0 Å². The normalized spacial score (nSPS) is 14.6. The molecule has 28 heavy (non-hydrogen) atoms. The van der Waals surface area contributed by atoms with Gasteiger partial charge in [-0.1, -0.05) is 18.2 Å². The van der Waals surface area contributed by atoms with Crippen molar-refractivity contribution in [3.8, 4) is 0 Å². The van der Waals surface area contributed by atoms with E-state index in [0.29, 0.717) is 19.8 Å². The lowest BCUT2D eigenvalue weighted by Crippen LogP contribution is -2.43. The molecule has 0 aromatic rings. The van der Waals surface area contributed by atoms with Crippen molar-refractivity contribution in [2.24, 2.45) is 0 Å². The third kappa shape index (κ3) is 15.0. The van der Waals surface area contributed by atoms with Gasteiger partial charge in [-0.05, 0) is 0 Å². The molecule has 0 spiro atoms. The van der Waals surface area contributed by atoms with E-state index in [2.05, 4.69) is 19.7 Å². The van der Waals surface area contributed by atoms with Gasteiger partial charge in [-0.2, -0.15) is 0 Å². The Bertz CT molecular complexity index is 348. The maximum Gasteiger partial charge on any atom is 0.578 e. The number of hydrogen-bond acceptors (Lipinski definition) is 6. The highest BCUT2D eigenvalue weighted by Crippen LogP contribution is 2.11. The predicted molar refractivity (Wildman–Crippen MR) is 116 cm³/mol. The molecular weight excluding hydrogens is 447 g/mol. The van der Waals surface area contributed by atoms with Crippen LogP contribution in [0.5, 0.6) is 0 Å². The van der Waals surface area contributed by atoms with Gasteiger partial charge in [-0.25, -0.2) is 0 Å². The van der Waals surface area contributed by atoms with E-state index in [-0.39, 0.29) is 37.5 Å². The summed E-state index contributed by atoms with van der Waals surface area (Å²) in [5.74, 6) is 0.610. The molecule has 0 aliphatic carbocycles. The topological polar surface area (TPSA) is 55.4 Å². The van der Waals surface area contributed by atoms with Gasteiger partial charge in [0, 0.05) is 17.6 Å². The third-order valence-corrected chi connectivity index (χ3v) is 5.53. The summed E-state index contributed by atoms with van der Waals surface area (Å²) < 4.78 is 34.0. The van der Waals surface area contributed by atoms with Crippen LogP contribution in [0.2, 0.25) is 0 Å². The molecule has 0 aromatic carbocycles. The molecule has 6 nitrogen and oxygen atoms in total. The first kappa shape index (κ1) is 28.1. The summed E-state index contributed by atoms with van der Waals surface area (Å²) in [6, 6.07) is 0. The van der Waals surface area contributed by atoms with E-state index in [1.165, 1.54) is 0 Å². The number of alkyl halides is 3. The van der Waals surface area contributed by atoms with Crippen LogP contribution >= 0.6 is 34.8 Å². The van der Waals surface area contributed by atoms with Crippen LogP contribution in [0, 0.1) is 0 Å². The minimum Gasteiger partial charge on any atom is -0.375 e. The van der Waals surface area contributed by atoms with Crippen LogP contribution in [0.1, 0.15) is 0 Å². The number of ether oxygens (including phenoxy) is 3. The fourth-order valence-electron chi connectivity index (χ4n) is 1.67. The van der Waals surface area contributed by atoms with Crippen LogP contribution in [-0.2, 0) is 27.5 Å². The smallest absolute Gasteiger partial charge is 0.375 e. The van der Waals surface area contributed by atoms with E-state index in [1.54, 1.807) is 18.2 Å². The molecule has 163 valence electrons. The van der Waals surface area contributed by atoms with Gasteiger partial charge in [-0.15, -0.1) is 54.5 Å². The predicted octanol–water partition coefficient (Wildman–Crippen LogP) is 3.45. The molecule has 0 amide bonds. The van der Waals surface area contributed by atoms with Gasteiger partial charge in [-0.3, -0.25) is 0 Å². The maximum absolute atomic E-state index is 5.99. The maximum atomic E-state index is 5.99. The summed E-state index contributed by atoms with van der Waals surface area (Å²) in [6.07, 6.45) is 3.66. The lowest BCUT2D eigenvalue weighted by Gasteiger charge is -2.26. The SMILES string of the molecule is C=CCOCC(CCl)O[Si](OC(CCl)COCC=C)OC(CCl)COCC=C. The highest BCUT2D eigenvalue weighted by molar-refractivity contribution is 6.37. The summed E-state index contributed by atoms with van der Waals surface area (Å²) in [6.45, 7) is 12.8. The van der Waals surface area contributed by atoms with Gasteiger partial charge in [0.15, 0.2) is 0 Å². The fourth-order valence-corrected chi connectivity index (χ4v) is 3.88. The first-order valence-electron chi connectivity index (χ1n) is 8.75. The molecule has 0 fully saturated rings.